The molecule has 0 aliphatic rings. The van der Waals surface area contributed by atoms with E-state index in [2.05, 4.69) is 6.92 Å². The molecule has 0 bridgehead atoms. The van der Waals surface area contributed by atoms with Crippen LogP contribution in [0.4, 0.5) is 0 Å². The van der Waals surface area contributed by atoms with Gasteiger partial charge in [-0.05, 0) is 19.8 Å². The van der Waals surface area contributed by atoms with Crippen LogP contribution >= 0.6 is 0 Å². The van der Waals surface area contributed by atoms with Gasteiger partial charge >= 0.3 is 0 Å². The van der Waals surface area contributed by atoms with Gasteiger partial charge in [0.1, 0.15) is 0 Å². The van der Waals surface area contributed by atoms with Crippen LogP contribution in [0.5, 0.6) is 0 Å². The molecule has 64 valence electrons. The summed E-state index contributed by atoms with van der Waals surface area (Å²) in [5.41, 5.74) is 5.36. The third-order valence-corrected chi connectivity index (χ3v) is 1.57. The quantitative estimate of drug-likeness (QED) is 0.647. The second kappa shape index (κ2) is 6.14. The summed E-state index contributed by atoms with van der Waals surface area (Å²) in [7, 11) is 0. The van der Waals surface area contributed by atoms with Crippen molar-refractivity contribution >= 4 is 0 Å². The smallest absolute Gasteiger partial charge is 0.0950 e. The van der Waals surface area contributed by atoms with Crippen LogP contribution < -0.4 is 5.73 Å². The van der Waals surface area contributed by atoms with Crippen molar-refractivity contribution in [3.63, 3.8) is 0 Å². The van der Waals surface area contributed by atoms with Crippen molar-refractivity contribution in [3.05, 3.63) is 0 Å². The van der Waals surface area contributed by atoms with Gasteiger partial charge in [-0.25, -0.2) is 0 Å². The molecule has 0 aliphatic carbocycles. The van der Waals surface area contributed by atoms with Crippen LogP contribution in [0.15, 0.2) is 0 Å². The van der Waals surface area contributed by atoms with E-state index in [1.54, 1.807) is 0 Å². The molecule has 2 unspecified atom stereocenters. The molecular formula is C8H16N2O. The molecule has 0 spiro atoms. The molecule has 0 heterocycles. The van der Waals surface area contributed by atoms with Crippen molar-refractivity contribution in [2.24, 2.45) is 5.73 Å². The maximum absolute atomic E-state index is 8.33. The second-order valence-corrected chi connectivity index (χ2v) is 2.61. The first-order valence-corrected chi connectivity index (χ1v) is 3.97. The standard InChI is InChI=1S/C8H16N2O/c1-3-7(2)11-5-4-8(10)6-9/h7-8H,3-5,10H2,1-2H3. The number of nitrogens with zero attached hydrogens (tertiary/aromatic N) is 1. The lowest BCUT2D eigenvalue weighted by molar-refractivity contribution is 0.0609. The van der Waals surface area contributed by atoms with Gasteiger partial charge < -0.3 is 10.5 Å². The molecule has 2 atom stereocenters. The first kappa shape index (κ1) is 10.4. The fourth-order valence-electron chi connectivity index (χ4n) is 0.579. The predicted octanol–water partition coefficient (Wildman–Crippen LogP) is 1.04. The molecule has 3 heteroatoms. The molecule has 2 N–H and O–H groups in total. The highest BCUT2D eigenvalue weighted by Gasteiger charge is 2.01. The molecule has 0 saturated heterocycles. The molecule has 0 rings (SSSR count). The Hall–Kier alpha value is -0.590. The summed E-state index contributed by atoms with van der Waals surface area (Å²) in [5, 5.41) is 8.33. The zero-order valence-corrected chi connectivity index (χ0v) is 7.21. The highest BCUT2D eigenvalue weighted by atomic mass is 16.5. The first-order valence-electron chi connectivity index (χ1n) is 3.97. The molecule has 0 fully saturated rings. The van der Waals surface area contributed by atoms with Gasteiger partial charge in [-0.15, -0.1) is 0 Å². The molecule has 0 radical (unpaired) electrons. The summed E-state index contributed by atoms with van der Waals surface area (Å²) in [4.78, 5) is 0. The monoisotopic (exact) mass is 156 g/mol. The van der Waals surface area contributed by atoms with Crippen molar-refractivity contribution in [1.29, 1.82) is 5.26 Å². The largest absolute Gasteiger partial charge is 0.378 e. The molecule has 0 saturated carbocycles. The van der Waals surface area contributed by atoms with Gasteiger partial charge in [-0.3, -0.25) is 0 Å². The number of ether oxygens (including phenoxy) is 1. The van der Waals surface area contributed by atoms with Gasteiger partial charge in [-0.1, -0.05) is 6.92 Å². The van der Waals surface area contributed by atoms with E-state index < -0.39 is 0 Å². The lowest BCUT2D eigenvalue weighted by Gasteiger charge is -2.10. The second-order valence-electron chi connectivity index (χ2n) is 2.61. The maximum Gasteiger partial charge on any atom is 0.0950 e. The number of nitrogens with two attached hydrogens (primary N) is 1. The van der Waals surface area contributed by atoms with Gasteiger partial charge in [0.15, 0.2) is 0 Å². The minimum atomic E-state index is -0.376. The number of hydrogen-bond donors (Lipinski definition) is 1. The Morgan fingerprint density at radius 1 is 1.64 bits per heavy atom. The zero-order valence-electron chi connectivity index (χ0n) is 7.21. The van der Waals surface area contributed by atoms with Crippen molar-refractivity contribution < 1.29 is 4.74 Å². The van der Waals surface area contributed by atoms with Gasteiger partial charge in [0.25, 0.3) is 0 Å². The lowest BCUT2D eigenvalue weighted by atomic mass is 10.2. The van der Waals surface area contributed by atoms with Crippen LogP contribution in [-0.2, 0) is 4.74 Å². The number of nitriles is 1. The van der Waals surface area contributed by atoms with E-state index in [0.717, 1.165) is 6.42 Å². The lowest BCUT2D eigenvalue weighted by Crippen LogP contribution is -2.20. The normalized spacial score (nSPS) is 15.5. The number of rotatable bonds is 5. The van der Waals surface area contributed by atoms with Crippen LogP contribution in [-0.4, -0.2) is 18.8 Å². The van der Waals surface area contributed by atoms with E-state index >= 15 is 0 Å². The molecule has 0 aliphatic heterocycles. The van der Waals surface area contributed by atoms with E-state index in [1.165, 1.54) is 0 Å². The Morgan fingerprint density at radius 3 is 2.73 bits per heavy atom. The minimum Gasteiger partial charge on any atom is -0.378 e. The molecule has 0 aromatic carbocycles. The number of hydrogen-bond acceptors (Lipinski definition) is 3. The van der Waals surface area contributed by atoms with Crippen LogP contribution in [0.2, 0.25) is 0 Å². The summed E-state index contributed by atoms with van der Waals surface area (Å²) in [5.74, 6) is 0. The van der Waals surface area contributed by atoms with Crippen LogP contribution in [0.1, 0.15) is 26.7 Å². The van der Waals surface area contributed by atoms with E-state index in [1.807, 2.05) is 13.0 Å². The van der Waals surface area contributed by atoms with Crippen LogP contribution in [0.3, 0.4) is 0 Å². The third-order valence-electron chi connectivity index (χ3n) is 1.57. The molecule has 3 nitrogen and oxygen atoms in total. The van der Waals surface area contributed by atoms with Gasteiger partial charge in [0.2, 0.25) is 0 Å². The predicted molar refractivity (Wildman–Crippen MR) is 43.9 cm³/mol. The molecule has 11 heavy (non-hydrogen) atoms. The van der Waals surface area contributed by atoms with E-state index in [0.29, 0.717) is 13.0 Å². The van der Waals surface area contributed by atoms with Gasteiger partial charge in [0, 0.05) is 6.61 Å². The van der Waals surface area contributed by atoms with Crippen LogP contribution in [0, 0.1) is 11.3 Å². The minimum absolute atomic E-state index is 0.279. The topological polar surface area (TPSA) is 59.0 Å². The maximum atomic E-state index is 8.33. The summed E-state index contributed by atoms with van der Waals surface area (Å²) < 4.78 is 5.33. The average molecular weight is 156 g/mol. The fourth-order valence-corrected chi connectivity index (χ4v) is 0.579. The summed E-state index contributed by atoms with van der Waals surface area (Å²) in [6.07, 6.45) is 1.91. The average Bonchev–Trinajstić information content (AvgIpc) is 2.04. The highest BCUT2D eigenvalue weighted by molar-refractivity contribution is 4.85. The van der Waals surface area contributed by atoms with Crippen LogP contribution in [0.25, 0.3) is 0 Å². The van der Waals surface area contributed by atoms with Crippen molar-refractivity contribution in [2.75, 3.05) is 6.61 Å². The molecular weight excluding hydrogens is 140 g/mol. The Morgan fingerprint density at radius 2 is 2.27 bits per heavy atom. The third kappa shape index (κ3) is 5.84. The van der Waals surface area contributed by atoms with E-state index in [-0.39, 0.29) is 12.1 Å². The fraction of sp³-hybridized carbons (Fsp3) is 0.875. The Labute approximate surface area is 68.1 Å². The Bertz CT molecular complexity index is 131. The van der Waals surface area contributed by atoms with Crippen molar-refractivity contribution in [2.45, 2.75) is 38.8 Å². The Kier molecular flexibility index (Phi) is 5.81. The summed E-state index contributed by atoms with van der Waals surface area (Å²) in [6, 6.07) is 1.58. The highest BCUT2D eigenvalue weighted by Crippen LogP contribution is 1.97. The summed E-state index contributed by atoms with van der Waals surface area (Å²) >= 11 is 0. The van der Waals surface area contributed by atoms with Crippen molar-refractivity contribution in [3.8, 4) is 6.07 Å². The molecule has 0 amide bonds. The van der Waals surface area contributed by atoms with Crippen molar-refractivity contribution in [1.82, 2.24) is 0 Å². The molecule has 0 aromatic rings. The zero-order chi connectivity index (χ0) is 8.69. The SMILES string of the molecule is CCC(C)OCCC(N)C#N. The van der Waals surface area contributed by atoms with Gasteiger partial charge in [0.05, 0.1) is 18.2 Å². The summed E-state index contributed by atoms with van der Waals surface area (Å²) in [6.45, 7) is 4.66. The first-order chi connectivity index (χ1) is 5.20. The van der Waals surface area contributed by atoms with Gasteiger partial charge in [-0.2, -0.15) is 5.26 Å². The molecule has 0 aromatic heterocycles. The van der Waals surface area contributed by atoms with E-state index in [4.69, 9.17) is 15.7 Å². The van der Waals surface area contributed by atoms with E-state index in [9.17, 15) is 0 Å². The Balaban J connectivity index is 3.21.